The number of ether oxygens (including phenoxy) is 2. The summed E-state index contributed by atoms with van der Waals surface area (Å²) in [6, 6.07) is 8.54. The Balaban J connectivity index is 1.93. The lowest BCUT2D eigenvalue weighted by molar-refractivity contribution is -0.150. The molecule has 1 fully saturated rings. The Morgan fingerprint density at radius 3 is 2.41 bits per heavy atom. The Morgan fingerprint density at radius 2 is 1.72 bits per heavy atom. The van der Waals surface area contributed by atoms with Gasteiger partial charge in [0.2, 0.25) is 0 Å². The Hall–Kier alpha value is -1.10. The zero-order valence-electron chi connectivity index (χ0n) is 18.6. The molecule has 1 unspecified atom stereocenters. The van der Waals surface area contributed by atoms with Crippen molar-refractivity contribution < 1.29 is 14.3 Å². The number of carbonyl (C=O) groups excluding carboxylic acids is 1. The van der Waals surface area contributed by atoms with E-state index in [1.54, 1.807) is 11.8 Å². The number of unbranched alkanes of at least 4 members (excludes halogenated alkanes) is 6. The largest absolute Gasteiger partial charge is 0.343 e. The van der Waals surface area contributed by atoms with E-state index < -0.39 is 11.9 Å². The van der Waals surface area contributed by atoms with Gasteiger partial charge in [0.25, 0.3) is 0 Å². The standard InChI is InChI=1S/C25H38O3S/c1-5-6-7-8-9-10-11-12-13-14-23(29-21-17-15-20(2)16-18-21)24-22(19-26)27-25(3,4)28-24/h12-13,15-19,22-24H,5-11,14H2,1-4H3/b13-12+/t22-,23?,24+/m1/s1. The van der Waals surface area contributed by atoms with E-state index in [2.05, 4.69) is 50.3 Å². The van der Waals surface area contributed by atoms with Crippen molar-refractivity contribution in [2.75, 3.05) is 0 Å². The fourth-order valence-electron chi connectivity index (χ4n) is 3.64. The Bertz CT molecular complexity index is 623. The summed E-state index contributed by atoms with van der Waals surface area (Å²) in [6.45, 7) is 8.11. The van der Waals surface area contributed by atoms with Gasteiger partial charge in [-0.15, -0.1) is 11.8 Å². The number of hydrogen-bond acceptors (Lipinski definition) is 4. The predicted octanol–water partition coefficient (Wildman–Crippen LogP) is 6.87. The molecule has 0 aliphatic carbocycles. The van der Waals surface area contributed by atoms with Gasteiger partial charge in [-0.05, 0) is 52.2 Å². The monoisotopic (exact) mass is 418 g/mol. The average molecular weight is 419 g/mol. The Labute approximate surface area is 181 Å². The first kappa shape index (κ1) is 24.2. The number of aldehydes is 1. The van der Waals surface area contributed by atoms with Gasteiger partial charge in [-0.3, -0.25) is 0 Å². The summed E-state index contributed by atoms with van der Waals surface area (Å²) in [4.78, 5) is 12.8. The van der Waals surface area contributed by atoms with Crippen LogP contribution in [0.1, 0.15) is 77.7 Å². The van der Waals surface area contributed by atoms with E-state index in [9.17, 15) is 4.79 Å². The topological polar surface area (TPSA) is 35.5 Å². The second-order valence-corrected chi connectivity index (χ2v) is 9.75. The minimum Gasteiger partial charge on any atom is -0.343 e. The van der Waals surface area contributed by atoms with Crippen LogP contribution in [0.2, 0.25) is 0 Å². The third-order valence-corrected chi connectivity index (χ3v) is 6.54. The molecule has 2 rings (SSSR count). The van der Waals surface area contributed by atoms with E-state index in [1.165, 1.54) is 49.0 Å². The van der Waals surface area contributed by atoms with Gasteiger partial charge in [-0.25, -0.2) is 0 Å². The van der Waals surface area contributed by atoms with Gasteiger partial charge in [-0.2, -0.15) is 0 Å². The lowest BCUT2D eigenvalue weighted by Gasteiger charge is -2.24. The first-order chi connectivity index (χ1) is 13.9. The lowest BCUT2D eigenvalue weighted by Crippen LogP contribution is -2.34. The summed E-state index contributed by atoms with van der Waals surface area (Å²) in [7, 11) is 0. The molecule has 0 radical (unpaired) electrons. The summed E-state index contributed by atoms with van der Waals surface area (Å²) in [6.07, 6.45) is 14.6. The van der Waals surface area contributed by atoms with Crippen molar-refractivity contribution in [3.05, 3.63) is 42.0 Å². The molecule has 162 valence electrons. The molecule has 1 aromatic rings. The van der Waals surface area contributed by atoms with Crippen molar-refractivity contribution >= 4 is 18.0 Å². The smallest absolute Gasteiger partial charge is 0.164 e. The molecule has 0 amide bonds. The molecule has 29 heavy (non-hydrogen) atoms. The van der Waals surface area contributed by atoms with E-state index in [4.69, 9.17) is 9.47 Å². The fourth-order valence-corrected chi connectivity index (χ4v) is 4.84. The molecule has 1 aliphatic rings. The first-order valence-electron chi connectivity index (χ1n) is 11.1. The van der Waals surface area contributed by atoms with Crippen LogP contribution in [0.5, 0.6) is 0 Å². The summed E-state index contributed by atoms with van der Waals surface area (Å²) < 4.78 is 11.9. The van der Waals surface area contributed by atoms with Gasteiger partial charge in [0.15, 0.2) is 12.1 Å². The number of benzene rings is 1. The van der Waals surface area contributed by atoms with Crippen LogP contribution in [-0.4, -0.2) is 29.5 Å². The summed E-state index contributed by atoms with van der Waals surface area (Å²) in [5, 5.41) is 0.135. The van der Waals surface area contributed by atoms with Gasteiger partial charge in [0.05, 0.1) is 0 Å². The van der Waals surface area contributed by atoms with Crippen molar-refractivity contribution in [3.63, 3.8) is 0 Å². The third kappa shape index (κ3) is 8.65. The van der Waals surface area contributed by atoms with Crippen LogP contribution in [0.25, 0.3) is 0 Å². The summed E-state index contributed by atoms with van der Waals surface area (Å²) >= 11 is 1.78. The van der Waals surface area contributed by atoms with Gasteiger partial charge in [-0.1, -0.05) is 68.9 Å². The van der Waals surface area contributed by atoms with Gasteiger partial charge >= 0.3 is 0 Å². The molecule has 3 nitrogen and oxygen atoms in total. The molecule has 3 atom stereocenters. The van der Waals surface area contributed by atoms with E-state index in [0.29, 0.717) is 0 Å². The van der Waals surface area contributed by atoms with Gasteiger partial charge in [0.1, 0.15) is 12.2 Å². The van der Waals surface area contributed by atoms with Crippen molar-refractivity contribution in [1.29, 1.82) is 0 Å². The van der Waals surface area contributed by atoms with Crippen molar-refractivity contribution in [2.45, 2.75) is 107 Å². The van der Waals surface area contributed by atoms with Crippen LogP contribution in [0, 0.1) is 6.92 Å². The highest BCUT2D eigenvalue weighted by Crippen LogP contribution is 2.37. The normalized spacial score (nSPS) is 22.2. The average Bonchev–Trinajstić information content (AvgIpc) is 3.02. The number of aryl methyl sites for hydroxylation is 1. The quantitative estimate of drug-likeness (QED) is 0.151. The van der Waals surface area contributed by atoms with E-state index in [1.807, 2.05) is 13.8 Å². The maximum atomic E-state index is 11.6. The van der Waals surface area contributed by atoms with Crippen LogP contribution < -0.4 is 0 Å². The zero-order valence-corrected chi connectivity index (χ0v) is 19.4. The minimum absolute atomic E-state index is 0.135. The maximum absolute atomic E-state index is 11.6. The molecule has 0 N–H and O–H groups in total. The Morgan fingerprint density at radius 1 is 1.03 bits per heavy atom. The SMILES string of the molecule is CCCCCCCC/C=C/CC(Sc1ccc(C)cc1)[C@H]1OC(C)(C)O[C@@H]1C=O. The molecular weight excluding hydrogens is 380 g/mol. The fraction of sp³-hybridized carbons (Fsp3) is 0.640. The van der Waals surface area contributed by atoms with Crippen LogP contribution >= 0.6 is 11.8 Å². The highest BCUT2D eigenvalue weighted by Gasteiger charge is 2.45. The van der Waals surface area contributed by atoms with E-state index in [0.717, 1.165) is 19.1 Å². The van der Waals surface area contributed by atoms with Crippen LogP contribution in [0.3, 0.4) is 0 Å². The zero-order chi connectivity index (χ0) is 21.1. The molecule has 0 spiro atoms. The number of rotatable bonds is 13. The van der Waals surface area contributed by atoms with E-state index >= 15 is 0 Å². The molecule has 4 heteroatoms. The minimum atomic E-state index is -0.718. The molecular formula is C25H38O3S. The predicted molar refractivity (Wildman–Crippen MR) is 122 cm³/mol. The molecule has 0 saturated carbocycles. The van der Waals surface area contributed by atoms with Crippen molar-refractivity contribution in [1.82, 2.24) is 0 Å². The maximum Gasteiger partial charge on any atom is 0.164 e. The summed E-state index contributed by atoms with van der Waals surface area (Å²) in [5.41, 5.74) is 1.25. The van der Waals surface area contributed by atoms with Crippen molar-refractivity contribution in [2.24, 2.45) is 0 Å². The second-order valence-electron chi connectivity index (χ2n) is 8.43. The molecule has 1 saturated heterocycles. The molecule has 1 aromatic carbocycles. The van der Waals surface area contributed by atoms with Crippen LogP contribution in [-0.2, 0) is 14.3 Å². The molecule has 1 aliphatic heterocycles. The first-order valence-corrected chi connectivity index (χ1v) is 12.0. The van der Waals surface area contributed by atoms with Crippen LogP contribution in [0.15, 0.2) is 41.3 Å². The third-order valence-electron chi connectivity index (χ3n) is 5.23. The molecule has 0 bridgehead atoms. The highest BCUT2D eigenvalue weighted by atomic mass is 32.2. The molecule has 0 aromatic heterocycles. The highest BCUT2D eigenvalue weighted by molar-refractivity contribution is 8.00. The van der Waals surface area contributed by atoms with Crippen LogP contribution in [0.4, 0.5) is 0 Å². The van der Waals surface area contributed by atoms with Crippen molar-refractivity contribution in [3.8, 4) is 0 Å². The number of carbonyl (C=O) groups is 1. The number of allylic oxidation sites excluding steroid dienone is 2. The van der Waals surface area contributed by atoms with Gasteiger partial charge < -0.3 is 14.3 Å². The number of hydrogen-bond donors (Lipinski definition) is 0. The second kappa shape index (κ2) is 12.6. The molecule has 1 heterocycles. The van der Waals surface area contributed by atoms with Gasteiger partial charge in [0, 0.05) is 10.1 Å². The summed E-state index contributed by atoms with van der Waals surface area (Å²) in [5.74, 6) is -0.718. The Kier molecular flexibility index (Phi) is 10.5. The lowest BCUT2D eigenvalue weighted by atomic mass is 10.1. The number of thioether (sulfide) groups is 1. The van der Waals surface area contributed by atoms with E-state index in [-0.39, 0.29) is 11.4 Å².